The van der Waals surface area contributed by atoms with E-state index < -0.39 is 17.0 Å². The maximum absolute atomic E-state index is 11.3. The van der Waals surface area contributed by atoms with Crippen molar-refractivity contribution in [2.45, 2.75) is 38.2 Å². The molecule has 1 aliphatic heterocycles. The first kappa shape index (κ1) is 10.9. The van der Waals surface area contributed by atoms with Gasteiger partial charge >= 0.3 is 5.97 Å². The molecular weight excluding hydrogens is 196 g/mol. The lowest BCUT2D eigenvalue weighted by molar-refractivity contribution is -0.158. The molecule has 0 aromatic carbocycles. The highest BCUT2D eigenvalue weighted by Crippen LogP contribution is 2.62. The maximum Gasteiger partial charge on any atom is 0.312 e. The SMILES string of the molecule is CC1CC1(C(=O)O)C1(O)CCCOCC1. The van der Waals surface area contributed by atoms with Gasteiger partial charge in [0.2, 0.25) is 0 Å². The molecule has 1 aliphatic carbocycles. The monoisotopic (exact) mass is 214 g/mol. The van der Waals surface area contributed by atoms with Gasteiger partial charge < -0.3 is 14.9 Å². The van der Waals surface area contributed by atoms with Crippen molar-refractivity contribution < 1.29 is 19.7 Å². The second-order valence-electron chi connectivity index (χ2n) is 4.88. The highest BCUT2D eigenvalue weighted by atomic mass is 16.5. The molecule has 4 heteroatoms. The summed E-state index contributed by atoms with van der Waals surface area (Å²) in [5.41, 5.74) is -1.96. The molecule has 86 valence electrons. The lowest BCUT2D eigenvalue weighted by atomic mass is 9.77. The van der Waals surface area contributed by atoms with Crippen LogP contribution in [0.5, 0.6) is 0 Å². The third kappa shape index (κ3) is 1.47. The summed E-state index contributed by atoms with van der Waals surface area (Å²) in [5.74, 6) is -0.766. The van der Waals surface area contributed by atoms with Gasteiger partial charge in [-0.2, -0.15) is 0 Å². The molecular formula is C11H18O4. The van der Waals surface area contributed by atoms with Crippen molar-refractivity contribution in [3.8, 4) is 0 Å². The molecule has 1 saturated heterocycles. The van der Waals surface area contributed by atoms with Gasteiger partial charge in [0, 0.05) is 19.6 Å². The summed E-state index contributed by atoms with van der Waals surface area (Å²) >= 11 is 0. The molecule has 0 bridgehead atoms. The smallest absolute Gasteiger partial charge is 0.312 e. The Morgan fingerprint density at radius 2 is 2.07 bits per heavy atom. The third-order valence-electron chi connectivity index (χ3n) is 4.06. The molecule has 0 radical (unpaired) electrons. The summed E-state index contributed by atoms with van der Waals surface area (Å²) in [6, 6.07) is 0. The number of carboxylic acid groups (broad SMARTS) is 1. The van der Waals surface area contributed by atoms with Crippen LogP contribution in [0.2, 0.25) is 0 Å². The summed E-state index contributed by atoms with van der Waals surface area (Å²) in [5, 5.41) is 19.8. The van der Waals surface area contributed by atoms with Gasteiger partial charge in [-0.1, -0.05) is 6.92 Å². The van der Waals surface area contributed by atoms with E-state index in [0.717, 1.165) is 6.42 Å². The first-order valence-corrected chi connectivity index (χ1v) is 5.56. The summed E-state index contributed by atoms with van der Waals surface area (Å²) in [6.45, 7) is 3.00. The van der Waals surface area contributed by atoms with Crippen molar-refractivity contribution in [1.29, 1.82) is 0 Å². The second kappa shape index (κ2) is 3.46. The van der Waals surface area contributed by atoms with E-state index in [4.69, 9.17) is 4.74 Å². The number of ether oxygens (including phenoxy) is 1. The van der Waals surface area contributed by atoms with Gasteiger partial charge in [-0.05, 0) is 25.2 Å². The van der Waals surface area contributed by atoms with Crippen LogP contribution in [0.3, 0.4) is 0 Å². The van der Waals surface area contributed by atoms with Gasteiger partial charge in [0.25, 0.3) is 0 Å². The highest BCUT2D eigenvalue weighted by molar-refractivity contribution is 5.80. The number of carbonyl (C=O) groups is 1. The summed E-state index contributed by atoms with van der Waals surface area (Å²) in [6.07, 6.45) is 2.34. The Balaban J connectivity index is 2.22. The Morgan fingerprint density at radius 1 is 1.40 bits per heavy atom. The number of hydrogen-bond donors (Lipinski definition) is 2. The molecule has 3 unspecified atom stereocenters. The predicted molar refractivity (Wildman–Crippen MR) is 53.5 cm³/mol. The number of hydrogen-bond acceptors (Lipinski definition) is 3. The molecule has 4 nitrogen and oxygen atoms in total. The van der Waals surface area contributed by atoms with Crippen molar-refractivity contribution in [2.75, 3.05) is 13.2 Å². The van der Waals surface area contributed by atoms with Crippen LogP contribution in [-0.2, 0) is 9.53 Å². The topological polar surface area (TPSA) is 66.8 Å². The van der Waals surface area contributed by atoms with E-state index in [9.17, 15) is 15.0 Å². The Morgan fingerprint density at radius 3 is 2.60 bits per heavy atom. The van der Waals surface area contributed by atoms with Crippen LogP contribution in [0.15, 0.2) is 0 Å². The number of aliphatic hydroxyl groups is 1. The van der Waals surface area contributed by atoms with Crippen molar-refractivity contribution in [3.63, 3.8) is 0 Å². The fourth-order valence-electron chi connectivity index (χ4n) is 2.95. The zero-order chi connectivity index (χ0) is 11.1. The summed E-state index contributed by atoms with van der Waals surface area (Å²) in [4.78, 5) is 11.3. The first-order chi connectivity index (χ1) is 7.03. The average Bonchev–Trinajstić information content (AvgIpc) is 2.87. The van der Waals surface area contributed by atoms with E-state index in [1.165, 1.54) is 0 Å². The molecule has 3 atom stereocenters. The zero-order valence-corrected chi connectivity index (χ0v) is 9.03. The van der Waals surface area contributed by atoms with Crippen LogP contribution >= 0.6 is 0 Å². The van der Waals surface area contributed by atoms with Crippen molar-refractivity contribution >= 4 is 5.97 Å². The zero-order valence-electron chi connectivity index (χ0n) is 9.03. The molecule has 0 aromatic heterocycles. The van der Waals surface area contributed by atoms with Gasteiger partial charge in [-0.15, -0.1) is 0 Å². The normalized spacial score (nSPS) is 45.9. The van der Waals surface area contributed by atoms with Crippen LogP contribution < -0.4 is 0 Å². The van der Waals surface area contributed by atoms with Crippen LogP contribution in [0.1, 0.15) is 32.6 Å². The van der Waals surface area contributed by atoms with E-state index in [-0.39, 0.29) is 5.92 Å². The Labute approximate surface area is 89.2 Å². The molecule has 0 spiro atoms. The largest absolute Gasteiger partial charge is 0.481 e. The molecule has 2 aliphatic rings. The van der Waals surface area contributed by atoms with Gasteiger partial charge in [-0.25, -0.2) is 0 Å². The molecule has 1 heterocycles. The lowest BCUT2D eigenvalue weighted by Gasteiger charge is -2.33. The van der Waals surface area contributed by atoms with E-state index in [2.05, 4.69) is 0 Å². The van der Waals surface area contributed by atoms with E-state index in [1.54, 1.807) is 0 Å². The molecule has 1 saturated carbocycles. The standard InChI is InChI=1S/C11H18O4/c1-8-7-11(8,9(12)13)10(14)3-2-5-15-6-4-10/h8,14H,2-7H2,1H3,(H,12,13). The third-order valence-corrected chi connectivity index (χ3v) is 4.06. The lowest BCUT2D eigenvalue weighted by Crippen LogP contribution is -2.45. The summed E-state index contributed by atoms with van der Waals surface area (Å²) < 4.78 is 5.27. The van der Waals surface area contributed by atoms with E-state index in [1.807, 2.05) is 6.92 Å². The molecule has 0 amide bonds. The highest BCUT2D eigenvalue weighted by Gasteiger charge is 2.69. The predicted octanol–water partition coefficient (Wildman–Crippen LogP) is 1.03. The summed E-state index contributed by atoms with van der Waals surface area (Å²) in [7, 11) is 0. The molecule has 0 aromatic rings. The second-order valence-corrected chi connectivity index (χ2v) is 4.88. The van der Waals surface area contributed by atoms with Crippen LogP contribution in [0.25, 0.3) is 0 Å². The number of carboxylic acids is 1. The van der Waals surface area contributed by atoms with Crippen molar-refractivity contribution in [2.24, 2.45) is 11.3 Å². The van der Waals surface area contributed by atoms with Gasteiger partial charge in [0.1, 0.15) is 0 Å². The maximum atomic E-state index is 11.3. The minimum Gasteiger partial charge on any atom is -0.481 e. The molecule has 2 N–H and O–H groups in total. The molecule has 2 fully saturated rings. The Hall–Kier alpha value is -0.610. The van der Waals surface area contributed by atoms with E-state index in [0.29, 0.717) is 32.5 Å². The Kier molecular flexibility index (Phi) is 2.51. The van der Waals surface area contributed by atoms with Gasteiger partial charge in [0.05, 0.1) is 11.0 Å². The van der Waals surface area contributed by atoms with Crippen molar-refractivity contribution in [1.82, 2.24) is 0 Å². The molecule has 15 heavy (non-hydrogen) atoms. The Bertz CT molecular complexity index is 268. The average molecular weight is 214 g/mol. The number of aliphatic carboxylic acids is 1. The van der Waals surface area contributed by atoms with Crippen LogP contribution in [0, 0.1) is 11.3 Å². The fraction of sp³-hybridized carbons (Fsp3) is 0.909. The van der Waals surface area contributed by atoms with Crippen LogP contribution in [-0.4, -0.2) is 35.0 Å². The van der Waals surface area contributed by atoms with Crippen LogP contribution in [0.4, 0.5) is 0 Å². The van der Waals surface area contributed by atoms with Gasteiger partial charge in [-0.3, -0.25) is 4.79 Å². The number of rotatable bonds is 2. The van der Waals surface area contributed by atoms with E-state index >= 15 is 0 Å². The van der Waals surface area contributed by atoms with Crippen molar-refractivity contribution in [3.05, 3.63) is 0 Å². The fourth-order valence-corrected chi connectivity index (χ4v) is 2.95. The minimum absolute atomic E-state index is 0.0816. The minimum atomic E-state index is -1.06. The van der Waals surface area contributed by atoms with Gasteiger partial charge in [0.15, 0.2) is 0 Å². The first-order valence-electron chi connectivity index (χ1n) is 5.56. The quantitative estimate of drug-likeness (QED) is 0.720. The molecule has 2 rings (SSSR count).